The van der Waals surface area contributed by atoms with Gasteiger partial charge in [0.1, 0.15) is 12.2 Å². The highest BCUT2D eigenvalue weighted by atomic mass is 15.3. The molecule has 0 saturated carbocycles. The van der Waals surface area contributed by atoms with E-state index in [9.17, 15) is 0 Å². The van der Waals surface area contributed by atoms with Crippen LogP contribution in [0.3, 0.4) is 0 Å². The summed E-state index contributed by atoms with van der Waals surface area (Å²) in [6.07, 6.45) is 4.14. The van der Waals surface area contributed by atoms with Crippen molar-refractivity contribution in [2.45, 2.75) is 66.6 Å². The Labute approximate surface area is 111 Å². The number of nitrogens with one attached hydrogen (secondary N) is 1. The van der Waals surface area contributed by atoms with Crippen LogP contribution in [-0.2, 0) is 13.1 Å². The predicted molar refractivity (Wildman–Crippen MR) is 75.2 cm³/mol. The van der Waals surface area contributed by atoms with Gasteiger partial charge in [0.2, 0.25) is 0 Å². The molecule has 0 radical (unpaired) electrons. The first-order valence-electron chi connectivity index (χ1n) is 7.09. The third-order valence-electron chi connectivity index (χ3n) is 3.02. The fourth-order valence-corrected chi connectivity index (χ4v) is 1.87. The minimum Gasteiger partial charge on any atom is -0.307 e. The van der Waals surface area contributed by atoms with Crippen LogP contribution in [0.2, 0.25) is 0 Å². The van der Waals surface area contributed by atoms with E-state index in [1.54, 1.807) is 6.33 Å². The lowest BCUT2D eigenvalue weighted by Crippen LogP contribution is -2.27. The number of hydrogen-bond acceptors (Lipinski definition) is 3. The number of hydrogen-bond donors (Lipinski definition) is 1. The van der Waals surface area contributed by atoms with Crippen LogP contribution in [-0.4, -0.2) is 20.8 Å². The summed E-state index contributed by atoms with van der Waals surface area (Å²) >= 11 is 0. The first-order chi connectivity index (χ1) is 8.49. The summed E-state index contributed by atoms with van der Waals surface area (Å²) in [7, 11) is 0. The molecule has 0 aliphatic carbocycles. The van der Waals surface area contributed by atoms with Crippen molar-refractivity contribution in [2.24, 2.45) is 11.8 Å². The van der Waals surface area contributed by atoms with Crippen molar-refractivity contribution >= 4 is 0 Å². The Bertz CT molecular complexity index is 330. The molecule has 18 heavy (non-hydrogen) atoms. The Balaban J connectivity index is 2.36. The summed E-state index contributed by atoms with van der Waals surface area (Å²) in [4.78, 5) is 4.33. The molecular formula is C14H28N4. The molecule has 4 heteroatoms. The van der Waals surface area contributed by atoms with Gasteiger partial charge in [-0.2, -0.15) is 5.10 Å². The SMILES string of the molecule is CC(C)CCC(C)NCc1ncnn1CC(C)C. The molecule has 1 N–H and O–H groups in total. The lowest BCUT2D eigenvalue weighted by molar-refractivity contribution is 0.422. The van der Waals surface area contributed by atoms with E-state index in [-0.39, 0.29) is 0 Å². The topological polar surface area (TPSA) is 42.7 Å². The molecule has 104 valence electrons. The molecule has 1 aromatic rings. The zero-order chi connectivity index (χ0) is 13.5. The van der Waals surface area contributed by atoms with Crippen LogP contribution in [0.15, 0.2) is 6.33 Å². The maximum Gasteiger partial charge on any atom is 0.140 e. The molecule has 1 unspecified atom stereocenters. The Kier molecular flexibility index (Phi) is 6.33. The first kappa shape index (κ1) is 15.2. The van der Waals surface area contributed by atoms with Crippen LogP contribution in [0.4, 0.5) is 0 Å². The Morgan fingerprint density at radius 1 is 1.11 bits per heavy atom. The van der Waals surface area contributed by atoms with Crippen LogP contribution in [0, 0.1) is 11.8 Å². The second-order valence-corrected chi connectivity index (χ2v) is 6.01. The minimum atomic E-state index is 0.539. The lowest BCUT2D eigenvalue weighted by Gasteiger charge is -2.15. The molecule has 0 aromatic carbocycles. The number of aromatic nitrogens is 3. The second-order valence-electron chi connectivity index (χ2n) is 6.01. The molecule has 0 bridgehead atoms. The van der Waals surface area contributed by atoms with Crippen molar-refractivity contribution in [1.82, 2.24) is 20.1 Å². The van der Waals surface area contributed by atoms with Crippen molar-refractivity contribution in [3.8, 4) is 0 Å². The van der Waals surface area contributed by atoms with Crippen LogP contribution in [0.1, 0.15) is 53.3 Å². The maximum absolute atomic E-state index is 4.33. The largest absolute Gasteiger partial charge is 0.307 e. The van der Waals surface area contributed by atoms with Crippen LogP contribution < -0.4 is 5.32 Å². The average molecular weight is 252 g/mol. The van der Waals surface area contributed by atoms with Gasteiger partial charge < -0.3 is 5.32 Å². The zero-order valence-electron chi connectivity index (χ0n) is 12.5. The number of nitrogens with zero attached hydrogens (tertiary/aromatic N) is 3. The molecule has 0 spiro atoms. The van der Waals surface area contributed by atoms with E-state index in [1.807, 2.05) is 4.68 Å². The summed E-state index contributed by atoms with van der Waals surface area (Å²) in [5, 5.41) is 7.80. The monoisotopic (exact) mass is 252 g/mol. The standard InChI is InChI=1S/C14H28N4/c1-11(2)6-7-13(5)15-8-14-16-10-17-18(14)9-12(3)4/h10-13,15H,6-9H2,1-5H3. The molecule has 0 saturated heterocycles. The van der Waals surface area contributed by atoms with Gasteiger partial charge in [-0.1, -0.05) is 27.7 Å². The van der Waals surface area contributed by atoms with Crippen LogP contribution in [0.25, 0.3) is 0 Å². The van der Waals surface area contributed by atoms with Gasteiger partial charge in [0.15, 0.2) is 0 Å². The van der Waals surface area contributed by atoms with E-state index in [1.165, 1.54) is 12.8 Å². The van der Waals surface area contributed by atoms with Crippen molar-refractivity contribution in [3.05, 3.63) is 12.2 Å². The lowest BCUT2D eigenvalue weighted by atomic mass is 10.0. The first-order valence-corrected chi connectivity index (χ1v) is 7.09. The van der Waals surface area contributed by atoms with Crippen molar-refractivity contribution < 1.29 is 0 Å². The van der Waals surface area contributed by atoms with E-state index in [4.69, 9.17) is 0 Å². The Hall–Kier alpha value is -0.900. The molecule has 0 aliphatic heterocycles. The predicted octanol–water partition coefficient (Wildman–Crippen LogP) is 2.85. The number of rotatable bonds is 8. The summed E-state index contributed by atoms with van der Waals surface area (Å²) in [5.74, 6) is 2.42. The smallest absolute Gasteiger partial charge is 0.140 e. The van der Waals surface area contributed by atoms with Crippen LogP contribution >= 0.6 is 0 Å². The normalized spacial score (nSPS) is 13.5. The van der Waals surface area contributed by atoms with Crippen molar-refractivity contribution in [3.63, 3.8) is 0 Å². The molecular weight excluding hydrogens is 224 g/mol. The van der Waals surface area contributed by atoms with E-state index in [2.05, 4.69) is 50.0 Å². The molecule has 0 aliphatic rings. The van der Waals surface area contributed by atoms with Gasteiger partial charge in [0, 0.05) is 12.6 Å². The molecule has 1 heterocycles. The van der Waals surface area contributed by atoms with E-state index < -0.39 is 0 Å². The highest BCUT2D eigenvalue weighted by Crippen LogP contribution is 2.07. The molecule has 4 nitrogen and oxygen atoms in total. The van der Waals surface area contributed by atoms with Gasteiger partial charge >= 0.3 is 0 Å². The summed E-state index contributed by atoms with van der Waals surface area (Å²) in [5.41, 5.74) is 0. The highest BCUT2D eigenvalue weighted by Gasteiger charge is 2.08. The summed E-state index contributed by atoms with van der Waals surface area (Å²) in [6.45, 7) is 12.9. The average Bonchev–Trinajstić information content (AvgIpc) is 2.70. The maximum atomic E-state index is 4.33. The van der Waals surface area contributed by atoms with Gasteiger partial charge in [-0.05, 0) is 31.6 Å². The fourth-order valence-electron chi connectivity index (χ4n) is 1.87. The Morgan fingerprint density at radius 3 is 2.44 bits per heavy atom. The van der Waals surface area contributed by atoms with Gasteiger partial charge in [0.05, 0.1) is 6.54 Å². The van der Waals surface area contributed by atoms with Gasteiger partial charge in [0.25, 0.3) is 0 Å². The minimum absolute atomic E-state index is 0.539. The fraction of sp³-hybridized carbons (Fsp3) is 0.857. The van der Waals surface area contributed by atoms with Crippen LogP contribution in [0.5, 0.6) is 0 Å². The highest BCUT2D eigenvalue weighted by molar-refractivity contribution is 4.84. The molecule has 1 aromatic heterocycles. The summed E-state index contributed by atoms with van der Waals surface area (Å²) < 4.78 is 2.01. The summed E-state index contributed by atoms with van der Waals surface area (Å²) in [6, 6.07) is 0.539. The van der Waals surface area contributed by atoms with E-state index in [0.29, 0.717) is 12.0 Å². The van der Waals surface area contributed by atoms with E-state index >= 15 is 0 Å². The quantitative estimate of drug-likeness (QED) is 0.773. The van der Waals surface area contributed by atoms with Gasteiger partial charge in [-0.25, -0.2) is 9.67 Å². The van der Waals surface area contributed by atoms with Gasteiger partial charge in [-0.15, -0.1) is 0 Å². The molecule has 1 atom stereocenters. The van der Waals surface area contributed by atoms with Gasteiger partial charge in [-0.3, -0.25) is 0 Å². The second kappa shape index (κ2) is 7.52. The van der Waals surface area contributed by atoms with Crippen molar-refractivity contribution in [2.75, 3.05) is 0 Å². The Morgan fingerprint density at radius 2 is 1.83 bits per heavy atom. The van der Waals surface area contributed by atoms with Crippen molar-refractivity contribution in [1.29, 1.82) is 0 Å². The third kappa shape index (κ3) is 5.63. The molecule has 1 rings (SSSR count). The third-order valence-corrected chi connectivity index (χ3v) is 3.02. The zero-order valence-corrected chi connectivity index (χ0v) is 12.5. The molecule has 0 fully saturated rings. The molecule has 0 amide bonds. The van der Waals surface area contributed by atoms with E-state index in [0.717, 1.165) is 24.8 Å².